The Morgan fingerprint density at radius 3 is 2.89 bits per heavy atom. The lowest BCUT2D eigenvalue weighted by Crippen LogP contribution is -2.20. The van der Waals surface area contributed by atoms with Crippen LogP contribution in [0.1, 0.15) is 5.56 Å². The summed E-state index contributed by atoms with van der Waals surface area (Å²) in [7, 11) is 1.54. The molecule has 0 aliphatic carbocycles. The molecule has 27 heavy (non-hydrogen) atoms. The van der Waals surface area contributed by atoms with Gasteiger partial charge in [0.15, 0.2) is 5.13 Å². The molecular weight excluding hydrogens is 384 g/mol. The molecule has 4 rings (SSSR count). The number of fused-ring (bicyclic) bond motifs is 1. The maximum atomic E-state index is 11.2. The van der Waals surface area contributed by atoms with Crippen LogP contribution in [-0.2, 0) is 17.8 Å². The Hall–Kier alpha value is -2.66. The molecule has 138 valence electrons. The first-order valence-electron chi connectivity index (χ1n) is 8.02. The number of thiazole rings is 1. The number of benzene rings is 1. The standard InChI is InChI=1S/C17H16N6O2S2/c1-22(27(24)25)11-12-4-2-3-5-14(12)15-7-6-13-10-19-16(21-23(13)15)20-17-18-8-9-26-17/h2-10H,11H2,1H3,(H,24,25)(H,18,20,21)/p-1. The molecule has 1 atom stereocenters. The molecule has 0 bridgehead atoms. The molecule has 0 aliphatic rings. The lowest BCUT2D eigenvalue weighted by Gasteiger charge is -2.20. The molecule has 0 amide bonds. The van der Waals surface area contributed by atoms with Gasteiger partial charge in [0.2, 0.25) is 5.95 Å². The van der Waals surface area contributed by atoms with Crippen molar-refractivity contribution < 1.29 is 8.76 Å². The van der Waals surface area contributed by atoms with Crippen molar-refractivity contribution in [2.75, 3.05) is 12.4 Å². The van der Waals surface area contributed by atoms with Crippen molar-refractivity contribution in [1.82, 2.24) is 23.9 Å². The first kappa shape index (κ1) is 17.7. The van der Waals surface area contributed by atoms with Gasteiger partial charge in [0.25, 0.3) is 0 Å². The molecule has 1 N–H and O–H groups in total. The van der Waals surface area contributed by atoms with Gasteiger partial charge in [-0.2, -0.15) is 0 Å². The van der Waals surface area contributed by atoms with Gasteiger partial charge in [-0.15, -0.1) is 16.4 Å². The lowest BCUT2D eigenvalue weighted by atomic mass is 10.0. The van der Waals surface area contributed by atoms with Crippen LogP contribution in [0.15, 0.2) is 54.2 Å². The summed E-state index contributed by atoms with van der Waals surface area (Å²) >= 11 is -0.818. The second kappa shape index (κ2) is 7.53. The highest BCUT2D eigenvalue weighted by molar-refractivity contribution is 7.76. The van der Waals surface area contributed by atoms with Crippen LogP contribution in [0.2, 0.25) is 0 Å². The van der Waals surface area contributed by atoms with Crippen molar-refractivity contribution >= 4 is 39.2 Å². The quantitative estimate of drug-likeness (QED) is 0.501. The molecule has 1 unspecified atom stereocenters. The molecule has 3 heterocycles. The van der Waals surface area contributed by atoms with Crippen LogP contribution in [0.5, 0.6) is 0 Å². The Labute approximate surface area is 161 Å². The predicted molar refractivity (Wildman–Crippen MR) is 104 cm³/mol. The van der Waals surface area contributed by atoms with Gasteiger partial charge < -0.3 is 4.55 Å². The third-order valence-electron chi connectivity index (χ3n) is 3.99. The Balaban J connectivity index is 1.75. The molecule has 0 saturated carbocycles. The maximum Gasteiger partial charge on any atom is 0.247 e. The summed E-state index contributed by atoms with van der Waals surface area (Å²) in [5.41, 5.74) is 3.49. The molecule has 8 nitrogen and oxygen atoms in total. The fourth-order valence-electron chi connectivity index (χ4n) is 2.74. The molecule has 0 fully saturated rings. The number of anilines is 2. The minimum atomic E-state index is -2.28. The SMILES string of the molecule is CN(Cc1ccccc1-c1ccc2cnc(Nc3nccs3)nn12)S(=O)[O-]. The Morgan fingerprint density at radius 1 is 1.26 bits per heavy atom. The van der Waals surface area contributed by atoms with Gasteiger partial charge >= 0.3 is 0 Å². The van der Waals surface area contributed by atoms with E-state index in [0.717, 1.165) is 22.3 Å². The number of aromatic nitrogens is 4. The van der Waals surface area contributed by atoms with E-state index in [4.69, 9.17) is 0 Å². The normalized spacial score (nSPS) is 12.6. The van der Waals surface area contributed by atoms with Crippen molar-refractivity contribution in [1.29, 1.82) is 0 Å². The molecule has 1 aromatic carbocycles. The summed E-state index contributed by atoms with van der Waals surface area (Å²) < 4.78 is 25.4. The first-order valence-corrected chi connectivity index (χ1v) is 9.93. The Morgan fingerprint density at radius 2 is 2.11 bits per heavy atom. The molecule has 0 saturated heterocycles. The van der Waals surface area contributed by atoms with E-state index in [1.807, 2.05) is 41.8 Å². The van der Waals surface area contributed by atoms with Gasteiger partial charge in [0.1, 0.15) is 0 Å². The average Bonchev–Trinajstić information content (AvgIpc) is 3.31. The highest BCUT2D eigenvalue weighted by atomic mass is 32.2. The van der Waals surface area contributed by atoms with Gasteiger partial charge in [0.05, 0.1) is 17.4 Å². The van der Waals surface area contributed by atoms with Crippen LogP contribution in [0.4, 0.5) is 11.1 Å². The van der Waals surface area contributed by atoms with E-state index < -0.39 is 11.3 Å². The maximum absolute atomic E-state index is 11.2. The molecule has 3 aromatic heterocycles. The zero-order valence-corrected chi connectivity index (χ0v) is 15.9. The Bertz CT molecular complexity index is 1100. The third kappa shape index (κ3) is 3.74. The molecule has 0 radical (unpaired) electrons. The lowest BCUT2D eigenvalue weighted by molar-refractivity contribution is 0.431. The van der Waals surface area contributed by atoms with E-state index in [1.165, 1.54) is 22.7 Å². The van der Waals surface area contributed by atoms with Crippen molar-refractivity contribution in [3.8, 4) is 11.3 Å². The van der Waals surface area contributed by atoms with Gasteiger partial charge in [-0.25, -0.2) is 18.8 Å². The summed E-state index contributed by atoms with van der Waals surface area (Å²) in [6, 6.07) is 11.5. The minimum absolute atomic E-state index is 0.273. The van der Waals surface area contributed by atoms with Crippen LogP contribution >= 0.6 is 11.3 Å². The number of nitrogens with one attached hydrogen (secondary N) is 1. The zero-order chi connectivity index (χ0) is 18.8. The average molecular weight is 399 g/mol. The topological polar surface area (TPSA) is 98.5 Å². The van der Waals surface area contributed by atoms with Crippen molar-refractivity contribution in [3.63, 3.8) is 0 Å². The molecule has 10 heteroatoms. The van der Waals surface area contributed by atoms with Crippen LogP contribution in [0, 0.1) is 0 Å². The third-order valence-corrected chi connectivity index (χ3v) is 5.32. The van der Waals surface area contributed by atoms with E-state index >= 15 is 0 Å². The second-order valence-electron chi connectivity index (χ2n) is 5.76. The van der Waals surface area contributed by atoms with E-state index in [2.05, 4.69) is 20.4 Å². The van der Waals surface area contributed by atoms with Crippen LogP contribution in [0.3, 0.4) is 0 Å². The van der Waals surface area contributed by atoms with Crippen molar-refractivity contribution in [3.05, 3.63) is 59.7 Å². The molecule has 4 aromatic rings. The van der Waals surface area contributed by atoms with Crippen molar-refractivity contribution in [2.24, 2.45) is 0 Å². The Kier molecular flexibility index (Phi) is 4.94. The van der Waals surface area contributed by atoms with E-state index in [-0.39, 0.29) is 6.54 Å². The fraction of sp³-hybridized carbons (Fsp3) is 0.118. The van der Waals surface area contributed by atoms with Gasteiger partial charge in [-0.3, -0.25) is 9.53 Å². The predicted octanol–water partition coefficient (Wildman–Crippen LogP) is 2.82. The monoisotopic (exact) mass is 399 g/mol. The van der Waals surface area contributed by atoms with Crippen LogP contribution in [-0.4, -0.2) is 39.7 Å². The minimum Gasteiger partial charge on any atom is -0.760 e. The summed E-state index contributed by atoms with van der Waals surface area (Å²) in [5.74, 6) is 0.435. The number of hydrogen-bond donors (Lipinski definition) is 1. The molecule has 0 aliphatic heterocycles. The molecular formula is C17H15N6O2S2-. The van der Waals surface area contributed by atoms with Crippen molar-refractivity contribution in [2.45, 2.75) is 6.54 Å². The number of nitrogens with zero attached hydrogens (tertiary/aromatic N) is 5. The van der Waals surface area contributed by atoms with E-state index in [1.54, 1.807) is 16.9 Å². The van der Waals surface area contributed by atoms with Crippen LogP contribution in [0.25, 0.3) is 16.8 Å². The summed E-state index contributed by atoms with van der Waals surface area (Å²) in [6.45, 7) is 0.273. The summed E-state index contributed by atoms with van der Waals surface area (Å²) in [6.07, 6.45) is 3.44. The zero-order valence-electron chi connectivity index (χ0n) is 14.3. The van der Waals surface area contributed by atoms with Gasteiger partial charge in [-0.1, -0.05) is 24.3 Å². The fourth-order valence-corrected chi connectivity index (χ4v) is 3.51. The largest absolute Gasteiger partial charge is 0.760 e. The second-order valence-corrected chi connectivity index (χ2v) is 7.71. The number of rotatable bonds is 6. The van der Waals surface area contributed by atoms with E-state index in [9.17, 15) is 8.76 Å². The van der Waals surface area contributed by atoms with Gasteiger partial charge in [0, 0.05) is 35.0 Å². The summed E-state index contributed by atoms with van der Waals surface area (Å²) in [4.78, 5) is 8.49. The highest BCUT2D eigenvalue weighted by Gasteiger charge is 2.13. The van der Waals surface area contributed by atoms with Crippen LogP contribution < -0.4 is 5.32 Å². The highest BCUT2D eigenvalue weighted by Crippen LogP contribution is 2.27. The smallest absolute Gasteiger partial charge is 0.247 e. The first-order chi connectivity index (χ1) is 13.1. The van der Waals surface area contributed by atoms with E-state index in [0.29, 0.717) is 11.1 Å². The number of hydrogen-bond acceptors (Lipinski definition) is 7. The molecule has 0 spiro atoms. The van der Waals surface area contributed by atoms with Gasteiger partial charge in [-0.05, 0) is 24.7 Å². The summed E-state index contributed by atoms with van der Waals surface area (Å²) in [5, 5.41) is 10.2.